The van der Waals surface area contributed by atoms with Crippen LogP contribution in [0.2, 0.25) is 0 Å². The van der Waals surface area contributed by atoms with Crippen molar-refractivity contribution in [1.82, 2.24) is 10.6 Å². The minimum Gasteiger partial charge on any atom is -0.484 e. The van der Waals surface area contributed by atoms with Gasteiger partial charge in [-0.3, -0.25) is 9.59 Å². The molecule has 0 fully saturated rings. The van der Waals surface area contributed by atoms with Crippen LogP contribution in [0.4, 0.5) is 0 Å². The number of hydrogen-bond donors (Lipinski definition) is 2. The van der Waals surface area contributed by atoms with Crippen molar-refractivity contribution in [3.05, 3.63) is 29.8 Å². The molecule has 0 spiro atoms. The largest absolute Gasteiger partial charge is 0.484 e. The van der Waals surface area contributed by atoms with Crippen LogP contribution in [0.5, 0.6) is 5.75 Å². The average Bonchev–Trinajstić information content (AvgIpc) is 2.45. The summed E-state index contributed by atoms with van der Waals surface area (Å²) >= 11 is 0. The molecule has 0 saturated heterocycles. The number of amides is 2. The predicted octanol–water partition coefficient (Wildman–Crippen LogP) is 0.968. The summed E-state index contributed by atoms with van der Waals surface area (Å²) in [6.45, 7) is 3.90. The van der Waals surface area contributed by atoms with Crippen LogP contribution in [0.25, 0.3) is 0 Å². The normalized spacial score (nSPS) is 9.81. The molecule has 0 aliphatic rings. The Morgan fingerprint density at radius 3 is 2.48 bits per heavy atom. The first-order valence-electron chi connectivity index (χ1n) is 6.70. The minimum atomic E-state index is -0.295. The Morgan fingerprint density at radius 1 is 1.24 bits per heavy atom. The van der Waals surface area contributed by atoms with Gasteiger partial charge in [0.05, 0.1) is 11.6 Å². The van der Waals surface area contributed by atoms with Crippen LogP contribution in [0.15, 0.2) is 24.3 Å². The van der Waals surface area contributed by atoms with Crippen molar-refractivity contribution in [2.75, 3.05) is 13.2 Å². The molecule has 0 heterocycles. The zero-order valence-corrected chi connectivity index (χ0v) is 12.2. The van der Waals surface area contributed by atoms with E-state index < -0.39 is 0 Å². The smallest absolute Gasteiger partial charge is 0.257 e. The van der Waals surface area contributed by atoms with Crippen molar-refractivity contribution < 1.29 is 14.3 Å². The van der Waals surface area contributed by atoms with Gasteiger partial charge >= 0.3 is 0 Å². The maximum Gasteiger partial charge on any atom is 0.257 e. The second kappa shape index (κ2) is 8.59. The highest BCUT2D eigenvalue weighted by Gasteiger charge is 2.06. The summed E-state index contributed by atoms with van der Waals surface area (Å²) in [5.74, 6) is 0.122. The molecule has 0 aliphatic carbocycles. The summed E-state index contributed by atoms with van der Waals surface area (Å²) in [5, 5.41) is 14.0. The fraction of sp³-hybridized carbons (Fsp3) is 0.400. The highest BCUT2D eigenvalue weighted by Crippen LogP contribution is 2.11. The zero-order chi connectivity index (χ0) is 15.7. The third-order valence-electron chi connectivity index (χ3n) is 2.48. The highest BCUT2D eigenvalue weighted by atomic mass is 16.5. The van der Waals surface area contributed by atoms with Gasteiger partial charge < -0.3 is 15.4 Å². The number of nitriles is 1. The number of carbonyl (C=O) groups is 2. The van der Waals surface area contributed by atoms with E-state index in [4.69, 9.17) is 10.00 Å². The van der Waals surface area contributed by atoms with Crippen LogP contribution in [0.1, 0.15) is 25.8 Å². The first-order chi connectivity index (χ1) is 10.0. The number of ether oxygens (including phenoxy) is 1. The van der Waals surface area contributed by atoms with E-state index in [2.05, 4.69) is 10.6 Å². The van der Waals surface area contributed by atoms with E-state index in [-0.39, 0.29) is 37.4 Å². The van der Waals surface area contributed by atoms with Gasteiger partial charge in [0, 0.05) is 19.0 Å². The van der Waals surface area contributed by atoms with Crippen molar-refractivity contribution in [3.63, 3.8) is 0 Å². The minimum absolute atomic E-state index is 0.0907. The van der Waals surface area contributed by atoms with Crippen LogP contribution in [-0.2, 0) is 9.59 Å². The topological polar surface area (TPSA) is 91.2 Å². The first-order valence-corrected chi connectivity index (χ1v) is 6.70. The summed E-state index contributed by atoms with van der Waals surface area (Å²) in [4.78, 5) is 22.9. The van der Waals surface area contributed by atoms with E-state index in [1.165, 1.54) is 0 Å². The molecule has 0 aromatic heterocycles. The Balaban J connectivity index is 2.22. The Hall–Kier alpha value is -2.55. The number of nitrogens with zero attached hydrogens (tertiary/aromatic N) is 1. The third-order valence-corrected chi connectivity index (χ3v) is 2.48. The summed E-state index contributed by atoms with van der Waals surface area (Å²) in [6.07, 6.45) is 0.237. The van der Waals surface area contributed by atoms with Gasteiger partial charge in [-0.25, -0.2) is 0 Å². The highest BCUT2D eigenvalue weighted by molar-refractivity contribution is 5.79. The molecular formula is C15H19N3O3. The molecule has 0 saturated carbocycles. The maximum absolute atomic E-state index is 11.5. The summed E-state index contributed by atoms with van der Waals surface area (Å²) in [7, 11) is 0. The molecule has 2 amide bonds. The van der Waals surface area contributed by atoms with Crippen molar-refractivity contribution >= 4 is 11.8 Å². The van der Waals surface area contributed by atoms with Gasteiger partial charge in [-0.05, 0) is 38.1 Å². The van der Waals surface area contributed by atoms with E-state index in [9.17, 15) is 9.59 Å². The van der Waals surface area contributed by atoms with Crippen LogP contribution in [0.3, 0.4) is 0 Å². The summed E-state index contributed by atoms with van der Waals surface area (Å²) < 4.78 is 5.27. The molecule has 1 aromatic rings. The van der Waals surface area contributed by atoms with Crippen molar-refractivity contribution in [1.29, 1.82) is 5.26 Å². The number of rotatable bonds is 7. The Bertz CT molecular complexity index is 518. The Labute approximate surface area is 124 Å². The molecule has 0 aliphatic heterocycles. The van der Waals surface area contributed by atoms with Gasteiger partial charge in [0.1, 0.15) is 5.75 Å². The van der Waals surface area contributed by atoms with E-state index in [0.717, 1.165) is 0 Å². The molecular weight excluding hydrogens is 270 g/mol. The summed E-state index contributed by atoms with van der Waals surface area (Å²) in [6, 6.07) is 8.57. The molecule has 2 N–H and O–H groups in total. The van der Waals surface area contributed by atoms with Crippen LogP contribution in [-0.4, -0.2) is 31.0 Å². The van der Waals surface area contributed by atoms with E-state index >= 15 is 0 Å². The lowest BCUT2D eigenvalue weighted by molar-refractivity contribution is -0.123. The van der Waals surface area contributed by atoms with Crippen LogP contribution >= 0.6 is 0 Å². The molecule has 21 heavy (non-hydrogen) atoms. The van der Waals surface area contributed by atoms with E-state index in [0.29, 0.717) is 11.3 Å². The van der Waals surface area contributed by atoms with E-state index in [1.807, 2.05) is 19.9 Å². The lowest BCUT2D eigenvalue weighted by Gasteiger charge is -2.09. The second-order valence-electron chi connectivity index (χ2n) is 4.75. The molecule has 6 heteroatoms. The molecule has 112 valence electrons. The van der Waals surface area contributed by atoms with Crippen molar-refractivity contribution in [2.45, 2.75) is 26.3 Å². The fourth-order valence-electron chi connectivity index (χ4n) is 1.54. The molecule has 0 atom stereocenters. The van der Waals surface area contributed by atoms with Crippen molar-refractivity contribution in [3.8, 4) is 11.8 Å². The average molecular weight is 289 g/mol. The molecule has 0 bridgehead atoms. The monoisotopic (exact) mass is 289 g/mol. The van der Waals surface area contributed by atoms with Crippen LogP contribution in [0, 0.1) is 11.3 Å². The van der Waals surface area contributed by atoms with Gasteiger partial charge in [0.25, 0.3) is 5.91 Å². The zero-order valence-electron chi connectivity index (χ0n) is 12.2. The number of benzene rings is 1. The SMILES string of the molecule is CC(C)NC(=O)CCNC(=O)COc1ccc(C#N)cc1. The molecule has 0 unspecified atom stereocenters. The molecule has 1 aromatic carbocycles. The first kappa shape index (κ1) is 16.5. The molecule has 0 radical (unpaired) electrons. The predicted molar refractivity (Wildman–Crippen MR) is 77.6 cm³/mol. The fourth-order valence-corrected chi connectivity index (χ4v) is 1.54. The van der Waals surface area contributed by atoms with Gasteiger partial charge in [0.15, 0.2) is 6.61 Å². The van der Waals surface area contributed by atoms with Gasteiger partial charge in [-0.2, -0.15) is 5.26 Å². The number of hydrogen-bond acceptors (Lipinski definition) is 4. The van der Waals surface area contributed by atoms with Gasteiger partial charge in [-0.15, -0.1) is 0 Å². The Kier molecular flexibility index (Phi) is 6.75. The number of nitrogens with one attached hydrogen (secondary N) is 2. The standard InChI is InChI=1S/C15H19N3O3/c1-11(2)18-14(19)7-8-17-15(20)10-21-13-5-3-12(9-16)4-6-13/h3-6,11H,7-8,10H2,1-2H3,(H,17,20)(H,18,19). The molecule has 6 nitrogen and oxygen atoms in total. The van der Waals surface area contributed by atoms with E-state index in [1.54, 1.807) is 24.3 Å². The lowest BCUT2D eigenvalue weighted by Crippen LogP contribution is -2.35. The van der Waals surface area contributed by atoms with Crippen LogP contribution < -0.4 is 15.4 Å². The van der Waals surface area contributed by atoms with Crippen molar-refractivity contribution in [2.24, 2.45) is 0 Å². The third kappa shape index (κ3) is 6.97. The Morgan fingerprint density at radius 2 is 1.90 bits per heavy atom. The number of carbonyl (C=O) groups excluding carboxylic acids is 2. The second-order valence-corrected chi connectivity index (χ2v) is 4.75. The van der Waals surface area contributed by atoms with Gasteiger partial charge in [-0.1, -0.05) is 0 Å². The lowest BCUT2D eigenvalue weighted by atomic mass is 10.2. The quantitative estimate of drug-likeness (QED) is 0.782. The molecule has 1 rings (SSSR count). The maximum atomic E-state index is 11.5. The van der Waals surface area contributed by atoms with Gasteiger partial charge in [0.2, 0.25) is 5.91 Å². The summed E-state index contributed by atoms with van der Waals surface area (Å²) in [5.41, 5.74) is 0.531.